The number of hydrogen-bond acceptors (Lipinski definition) is 3. The molecule has 0 saturated carbocycles. The molecule has 0 amide bonds. The number of hydrogen-bond donors (Lipinski definition) is 0. The van der Waals surface area contributed by atoms with Crippen LogP contribution >= 0.6 is 23.2 Å². The van der Waals surface area contributed by atoms with Gasteiger partial charge in [-0.3, -0.25) is 0 Å². The maximum absolute atomic E-state index is 5.91. The largest absolute Gasteiger partial charge is 0.436 e. The van der Waals surface area contributed by atoms with E-state index < -0.39 is 0 Å². The standard InChI is InChI=1S/C11H8Cl2N2O/c1-7-6-8(2-3-9(7)12)16-11-10(13)14-4-5-15-11/h2-6H,1H3. The van der Waals surface area contributed by atoms with Gasteiger partial charge >= 0.3 is 0 Å². The van der Waals surface area contributed by atoms with Gasteiger partial charge in [0.15, 0.2) is 5.15 Å². The van der Waals surface area contributed by atoms with Gasteiger partial charge in [0.1, 0.15) is 5.75 Å². The highest BCUT2D eigenvalue weighted by molar-refractivity contribution is 6.31. The van der Waals surface area contributed by atoms with Crippen molar-refractivity contribution in [2.45, 2.75) is 6.92 Å². The van der Waals surface area contributed by atoms with Gasteiger partial charge in [-0.1, -0.05) is 23.2 Å². The lowest BCUT2D eigenvalue weighted by atomic mass is 10.2. The van der Waals surface area contributed by atoms with Crippen LogP contribution in [0.3, 0.4) is 0 Å². The lowest BCUT2D eigenvalue weighted by molar-refractivity contribution is 0.460. The van der Waals surface area contributed by atoms with Gasteiger partial charge in [0.25, 0.3) is 5.88 Å². The monoisotopic (exact) mass is 254 g/mol. The second-order valence-corrected chi connectivity index (χ2v) is 3.93. The number of aryl methyl sites for hydroxylation is 1. The van der Waals surface area contributed by atoms with Crippen molar-refractivity contribution in [2.24, 2.45) is 0 Å². The van der Waals surface area contributed by atoms with E-state index in [9.17, 15) is 0 Å². The maximum atomic E-state index is 5.91. The molecule has 0 spiro atoms. The molecule has 0 aliphatic carbocycles. The molecule has 0 fully saturated rings. The van der Waals surface area contributed by atoms with Crippen LogP contribution in [0.2, 0.25) is 10.2 Å². The van der Waals surface area contributed by atoms with E-state index in [1.807, 2.05) is 13.0 Å². The normalized spacial score (nSPS) is 10.2. The van der Waals surface area contributed by atoms with Crippen LogP contribution in [0.1, 0.15) is 5.56 Å². The highest BCUT2D eigenvalue weighted by Crippen LogP contribution is 2.27. The van der Waals surface area contributed by atoms with Crippen molar-refractivity contribution in [3.63, 3.8) is 0 Å². The summed E-state index contributed by atoms with van der Waals surface area (Å²) in [6, 6.07) is 5.32. The molecular formula is C11H8Cl2N2O. The van der Waals surface area contributed by atoms with Gasteiger partial charge in [-0.15, -0.1) is 0 Å². The number of rotatable bonds is 2. The van der Waals surface area contributed by atoms with Gasteiger partial charge in [-0.2, -0.15) is 0 Å². The van der Waals surface area contributed by atoms with E-state index in [-0.39, 0.29) is 11.0 Å². The molecule has 0 unspecified atom stereocenters. The van der Waals surface area contributed by atoms with Gasteiger partial charge in [-0.25, -0.2) is 9.97 Å². The first-order chi connectivity index (χ1) is 7.66. The second-order valence-electron chi connectivity index (χ2n) is 3.17. The molecule has 1 aromatic carbocycles. The third kappa shape index (κ3) is 2.43. The Morgan fingerprint density at radius 1 is 1.12 bits per heavy atom. The van der Waals surface area contributed by atoms with E-state index in [0.29, 0.717) is 10.8 Å². The van der Waals surface area contributed by atoms with E-state index in [0.717, 1.165) is 5.56 Å². The number of ether oxygens (including phenoxy) is 1. The number of nitrogens with zero attached hydrogens (tertiary/aromatic N) is 2. The maximum Gasteiger partial charge on any atom is 0.257 e. The minimum absolute atomic E-state index is 0.232. The zero-order valence-electron chi connectivity index (χ0n) is 8.45. The van der Waals surface area contributed by atoms with E-state index in [2.05, 4.69) is 9.97 Å². The molecule has 0 aliphatic heterocycles. The first-order valence-corrected chi connectivity index (χ1v) is 5.33. The van der Waals surface area contributed by atoms with E-state index in [4.69, 9.17) is 27.9 Å². The van der Waals surface area contributed by atoms with Crippen molar-refractivity contribution in [1.29, 1.82) is 0 Å². The molecule has 0 aliphatic rings. The Kier molecular flexibility index (Phi) is 3.27. The zero-order valence-corrected chi connectivity index (χ0v) is 9.96. The third-order valence-electron chi connectivity index (χ3n) is 1.97. The van der Waals surface area contributed by atoms with Gasteiger partial charge in [0, 0.05) is 17.4 Å². The van der Waals surface area contributed by atoms with Crippen LogP contribution in [0, 0.1) is 6.92 Å². The summed E-state index contributed by atoms with van der Waals surface area (Å²) in [7, 11) is 0. The summed E-state index contributed by atoms with van der Waals surface area (Å²) in [5, 5.41) is 0.924. The Bertz CT molecular complexity index is 517. The summed E-state index contributed by atoms with van der Waals surface area (Å²) in [5.41, 5.74) is 0.930. The Hall–Kier alpha value is -1.32. The molecule has 5 heteroatoms. The fraction of sp³-hybridized carbons (Fsp3) is 0.0909. The molecule has 0 atom stereocenters. The summed E-state index contributed by atoms with van der Waals surface area (Å²) in [6.07, 6.45) is 3.02. The Balaban J connectivity index is 2.28. The Morgan fingerprint density at radius 3 is 2.56 bits per heavy atom. The fourth-order valence-corrected chi connectivity index (χ4v) is 1.43. The van der Waals surface area contributed by atoms with E-state index in [1.54, 1.807) is 12.1 Å². The van der Waals surface area contributed by atoms with Crippen LogP contribution < -0.4 is 4.74 Å². The molecule has 3 nitrogen and oxygen atoms in total. The zero-order chi connectivity index (χ0) is 11.5. The molecule has 2 aromatic rings. The number of aromatic nitrogens is 2. The summed E-state index contributed by atoms with van der Waals surface area (Å²) in [4.78, 5) is 7.84. The molecule has 2 rings (SSSR count). The van der Waals surface area contributed by atoms with Crippen LogP contribution in [-0.4, -0.2) is 9.97 Å². The smallest absolute Gasteiger partial charge is 0.257 e. The van der Waals surface area contributed by atoms with E-state index >= 15 is 0 Å². The predicted octanol–water partition coefficient (Wildman–Crippen LogP) is 3.88. The Morgan fingerprint density at radius 2 is 1.88 bits per heavy atom. The average Bonchev–Trinajstić information content (AvgIpc) is 2.27. The van der Waals surface area contributed by atoms with Crippen LogP contribution in [0.25, 0.3) is 0 Å². The van der Waals surface area contributed by atoms with Crippen LogP contribution in [0.15, 0.2) is 30.6 Å². The highest BCUT2D eigenvalue weighted by Gasteiger charge is 2.05. The van der Waals surface area contributed by atoms with Gasteiger partial charge in [-0.05, 0) is 30.7 Å². The van der Waals surface area contributed by atoms with Crippen LogP contribution in [0.5, 0.6) is 11.6 Å². The SMILES string of the molecule is Cc1cc(Oc2nccnc2Cl)ccc1Cl. The van der Waals surface area contributed by atoms with Gasteiger partial charge < -0.3 is 4.74 Å². The van der Waals surface area contributed by atoms with Gasteiger partial charge in [0.2, 0.25) is 0 Å². The molecule has 1 heterocycles. The summed E-state index contributed by atoms with van der Waals surface area (Å²) < 4.78 is 5.48. The molecule has 16 heavy (non-hydrogen) atoms. The first kappa shape index (κ1) is 11.2. The van der Waals surface area contributed by atoms with E-state index in [1.165, 1.54) is 12.4 Å². The lowest BCUT2D eigenvalue weighted by Gasteiger charge is -2.06. The first-order valence-electron chi connectivity index (χ1n) is 4.57. The highest BCUT2D eigenvalue weighted by atomic mass is 35.5. The van der Waals surface area contributed by atoms with Crippen LogP contribution in [0.4, 0.5) is 0 Å². The van der Waals surface area contributed by atoms with Crippen molar-refractivity contribution >= 4 is 23.2 Å². The van der Waals surface area contributed by atoms with Crippen LogP contribution in [-0.2, 0) is 0 Å². The summed E-state index contributed by atoms with van der Waals surface area (Å²) in [6.45, 7) is 1.90. The quantitative estimate of drug-likeness (QED) is 0.816. The minimum Gasteiger partial charge on any atom is -0.436 e. The Labute approximate surface area is 103 Å². The van der Waals surface area contributed by atoms with Gasteiger partial charge in [0.05, 0.1) is 0 Å². The average molecular weight is 255 g/mol. The molecule has 0 radical (unpaired) electrons. The molecule has 0 saturated heterocycles. The van der Waals surface area contributed by atoms with Crippen molar-refractivity contribution in [3.05, 3.63) is 46.3 Å². The fourth-order valence-electron chi connectivity index (χ4n) is 1.17. The summed E-state index contributed by atoms with van der Waals surface area (Å²) in [5.74, 6) is 0.912. The van der Waals surface area contributed by atoms with Crippen molar-refractivity contribution in [1.82, 2.24) is 9.97 Å². The predicted molar refractivity (Wildman–Crippen MR) is 63.3 cm³/mol. The molecule has 0 N–H and O–H groups in total. The van der Waals surface area contributed by atoms with Crippen molar-refractivity contribution in [3.8, 4) is 11.6 Å². The molecular weight excluding hydrogens is 247 g/mol. The molecule has 82 valence electrons. The van der Waals surface area contributed by atoms with Crippen molar-refractivity contribution < 1.29 is 4.74 Å². The molecule has 1 aromatic heterocycles. The second kappa shape index (κ2) is 4.68. The number of halogens is 2. The minimum atomic E-state index is 0.232. The third-order valence-corrected chi connectivity index (χ3v) is 2.65. The number of benzene rings is 1. The topological polar surface area (TPSA) is 35.0 Å². The molecule has 0 bridgehead atoms. The lowest BCUT2D eigenvalue weighted by Crippen LogP contribution is -1.90. The van der Waals surface area contributed by atoms with Crippen molar-refractivity contribution in [2.75, 3.05) is 0 Å². The summed E-state index contributed by atoms with van der Waals surface area (Å²) >= 11 is 11.7.